The van der Waals surface area contributed by atoms with E-state index in [9.17, 15) is 27.1 Å². The molecule has 0 saturated heterocycles. The molecule has 4 fully saturated rings. The molecule has 0 heterocycles. The SMILES string of the molecule is C=C[C@]12CC[C@@]3(C)[C@@](C)(CC[C@]3(F)C(=C)C(F)F)[C@@H]1CC[C@@]1(F)C[C@@](O)(COC(F)(F)F)CC[C@@]12C. The summed E-state index contributed by atoms with van der Waals surface area (Å²) >= 11 is 0. The van der Waals surface area contributed by atoms with E-state index >= 15 is 8.78 Å². The third kappa shape index (κ3) is 3.36. The van der Waals surface area contributed by atoms with Crippen LogP contribution in [0, 0.1) is 27.6 Å². The second kappa shape index (κ2) is 7.96. The molecule has 0 amide bonds. The molecule has 2 nitrogen and oxygen atoms in total. The second-order valence-corrected chi connectivity index (χ2v) is 12.6. The summed E-state index contributed by atoms with van der Waals surface area (Å²) in [5.41, 5.74) is -10.7. The van der Waals surface area contributed by atoms with Gasteiger partial charge in [0.15, 0.2) is 0 Å². The summed E-state index contributed by atoms with van der Waals surface area (Å²) in [6.07, 6.45) is -5.64. The van der Waals surface area contributed by atoms with Crippen LogP contribution in [0.4, 0.5) is 30.7 Å². The van der Waals surface area contributed by atoms with Crippen molar-refractivity contribution >= 4 is 0 Å². The lowest BCUT2D eigenvalue weighted by atomic mass is 9.33. The Morgan fingerprint density at radius 1 is 1.00 bits per heavy atom. The minimum atomic E-state index is -4.94. The van der Waals surface area contributed by atoms with Gasteiger partial charge in [-0.25, -0.2) is 17.6 Å². The fraction of sp³-hybridized carbons (Fsp3) is 0.852. The molecular weight excluding hydrogens is 489 g/mol. The Hall–Kier alpha value is -1.09. The molecule has 0 radical (unpaired) electrons. The predicted molar refractivity (Wildman–Crippen MR) is 122 cm³/mol. The molecule has 0 aromatic rings. The Morgan fingerprint density at radius 2 is 1.61 bits per heavy atom. The van der Waals surface area contributed by atoms with Gasteiger partial charge in [0.1, 0.15) is 11.3 Å². The van der Waals surface area contributed by atoms with Gasteiger partial charge in [0, 0.05) is 22.8 Å². The minimum absolute atomic E-state index is 0.0289. The van der Waals surface area contributed by atoms with Crippen molar-refractivity contribution in [1.82, 2.24) is 0 Å². The molecule has 0 aliphatic heterocycles. The summed E-state index contributed by atoms with van der Waals surface area (Å²) in [6.45, 7) is 11.9. The first-order valence-corrected chi connectivity index (χ1v) is 12.7. The number of ether oxygens (including phenoxy) is 1. The molecule has 0 spiro atoms. The Labute approximate surface area is 208 Å². The van der Waals surface area contributed by atoms with Crippen molar-refractivity contribution in [2.75, 3.05) is 6.61 Å². The van der Waals surface area contributed by atoms with Gasteiger partial charge >= 0.3 is 6.36 Å². The summed E-state index contributed by atoms with van der Waals surface area (Å²) in [5, 5.41) is 10.9. The van der Waals surface area contributed by atoms with Crippen LogP contribution in [0.15, 0.2) is 24.8 Å². The fourth-order valence-corrected chi connectivity index (χ4v) is 9.31. The number of fused-ring (bicyclic) bond motifs is 5. The van der Waals surface area contributed by atoms with Gasteiger partial charge < -0.3 is 5.11 Å². The molecule has 206 valence electrons. The molecule has 0 bridgehead atoms. The lowest BCUT2D eigenvalue weighted by Gasteiger charge is -2.72. The summed E-state index contributed by atoms with van der Waals surface area (Å²) in [5.74, 6) is -0.268. The molecule has 4 aliphatic carbocycles. The van der Waals surface area contributed by atoms with Gasteiger partial charge in [-0.2, -0.15) is 0 Å². The molecule has 9 heteroatoms. The highest BCUT2D eigenvalue weighted by Crippen LogP contribution is 2.80. The van der Waals surface area contributed by atoms with Crippen LogP contribution in [0.3, 0.4) is 0 Å². The molecule has 0 aromatic heterocycles. The first-order chi connectivity index (χ1) is 16.3. The van der Waals surface area contributed by atoms with Gasteiger partial charge in [-0.3, -0.25) is 4.74 Å². The highest BCUT2D eigenvalue weighted by atomic mass is 19.4. The minimum Gasteiger partial charge on any atom is -0.387 e. The van der Waals surface area contributed by atoms with Crippen LogP contribution >= 0.6 is 0 Å². The van der Waals surface area contributed by atoms with Crippen LogP contribution in [-0.2, 0) is 4.74 Å². The molecule has 0 aromatic carbocycles. The van der Waals surface area contributed by atoms with Gasteiger partial charge in [0.25, 0.3) is 6.43 Å². The van der Waals surface area contributed by atoms with Crippen molar-refractivity contribution in [3.05, 3.63) is 24.8 Å². The van der Waals surface area contributed by atoms with E-state index in [-0.39, 0.29) is 44.4 Å². The average Bonchev–Trinajstić information content (AvgIpc) is 3.00. The first-order valence-electron chi connectivity index (χ1n) is 12.7. The summed E-state index contributed by atoms with van der Waals surface area (Å²) in [6, 6.07) is 0. The van der Waals surface area contributed by atoms with E-state index in [0.29, 0.717) is 12.8 Å². The predicted octanol–water partition coefficient (Wildman–Crippen LogP) is 7.86. The van der Waals surface area contributed by atoms with Crippen molar-refractivity contribution in [2.45, 2.75) is 108 Å². The Kier molecular flexibility index (Phi) is 6.18. The van der Waals surface area contributed by atoms with Gasteiger partial charge in [-0.15, -0.1) is 19.8 Å². The van der Waals surface area contributed by atoms with Crippen LogP contribution in [-0.4, -0.2) is 41.4 Å². The summed E-state index contributed by atoms with van der Waals surface area (Å²) in [7, 11) is 0. The van der Waals surface area contributed by atoms with E-state index in [2.05, 4.69) is 17.9 Å². The standard InChI is InChI=1S/C27H37F7O2/c1-6-24-13-11-21(4)20(3,9-14-26(21,31)17(2)19(28)29)18(24)7-8-25(30)15-23(35,12-10-22(24,25)5)16-36-27(32,33)34/h6,18-19,35H,1-2,7-16H2,3-5H3/t18-,20-,21-,22+,23+,24-,25+,26-/m0/s1. The van der Waals surface area contributed by atoms with Crippen LogP contribution in [0.5, 0.6) is 0 Å². The normalized spacial score (nSPS) is 50.8. The zero-order valence-electron chi connectivity index (χ0n) is 21.2. The van der Waals surface area contributed by atoms with E-state index in [0.717, 1.165) is 0 Å². The number of alkyl halides is 7. The zero-order chi connectivity index (χ0) is 27.2. The van der Waals surface area contributed by atoms with E-state index < -0.39 is 70.0 Å². The Bertz CT molecular complexity index is 938. The monoisotopic (exact) mass is 526 g/mol. The van der Waals surface area contributed by atoms with Gasteiger partial charge in [0.05, 0.1) is 12.2 Å². The van der Waals surface area contributed by atoms with Crippen LogP contribution < -0.4 is 0 Å². The number of allylic oxidation sites excluding steroid dienone is 2. The quantitative estimate of drug-likeness (QED) is 0.292. The lowest BCUT2D eigenvalue weighted by Crippen LogP contribution is -2.70. The molecule has 8 atom stereocenters. The maximum atomic E-state index is 16.9. The molecule has 1 N–H and O–H groups in total. The van der Waals surface area contributed by atoms with Crippen molar-refractivity contribution in [3.63, 3.8) is 0 Å². The molecule has 36 heavy (non-hydrogen) atoms. The molecule has 0 unspecified atom stereocenters. The molecule has 4 aliphatic rings. The first kappa shape index (κ1) is 27.9. The van der Waals surface area contributed by atoms with Crippen LogP contribution in [0.1, 0.15) is 78.6 Å². The highest BCUT2D eigenvalue weighted by molar-refractivity contribution is 5.34. The Morgan fingerprint density at radius 3 is 2.17 bits per heavy atom. The lowest BCUT2D eigenvalue weighted by molar-refractivity contribution is -0.345. The fourth-order valence-electron chi connectivity index (χ4n) is 9.31. The van der Waals surface area contributed by atoms with Crippen molar-refractivity contribution < 1.29 is 40.6 Å². The van der Waals surface area contributed by atoms with Crippen LogP contribution in [0.2, 0.25) is 0 Å². The van der Waals surface area contributed by atoms with Crippen LogP contribution in [0.25, 0.3) is 0 Å². The topological polar surface area (TPSA) is 29.5 Å². The zero-order valence-corrected chi connectivity index (χ0v) is 21.2. The molecule has 4 saturated carbocycles. The van der Waals surface area contributed by atoms with Gasteiger partial charge in [-0.05, 0) is 68.1 Å². The van der Waals surface area contributed by atoms with E-state index in [1.807, 2.05) is 6.92 Å². The third-order valence-electron chi connectivity index (χ3n) is 11.7. The maximum Gasteiger partial charge on any atom is 0.522 e. The average molecular weight is 527 g/mol. The van der Waals surface area contributed by atoms with Crippen molar-refractivity contribution in [3.8, 4) is 0 Å². The number of aliphatic hydroxyl groups is 1. The Balaban J connectivity index is 1.72. The number of hydrogen-bond acceptors (Lipinski definition) is 2. The van der Waals surface area contributed by atoms with E-state index in [1.165, 1.54) is 0 Å². The number of halogens is 7. The second-order valence-electron chi connectivity index (χ2n) is 12.6. The smallest absolute Gasteiger partial charge is 0.387 e. The maximum absolute atomic E-state index is 16.9. The molecular formula is C27H37F7O2. The third-order valence-corrected chi connectivity index (χ3v) is 11.7. The number of rotatable bonds is 5. The largest absolute Gasteiger partial charge is 0.522 e. The van der Waals surface area contributed by atoms with Gasteiger partial charge in [0.2, 0.25) is 0 Å². The van der Waals surface area contributed by atoms with E-state index in [4.69, 9.17) is 0 Å². The van der Waals surface area contributed by atoms with Crippen molar-refractivity contribution in [2.24, 2.45) is 27.6 Å². The summed E-state index contributed by atoms with van der Waals surface area (Å²) in [4.78, 5) is 0. The van der Waals surface area contributed by atoms with Crippen molar-refractivity contribution in [1.29, 1.82) is 0 Å². The summed E-state index contributed by atoms with van der Waals surface area (Å²) < 4.78 is 103. The van der Waals surface area contributed by atoms with E-state index in [1.54, 1.807) is 19.9 Å². The van der Waals surface area contributed by atoms with Gasteiger partial charge in [-0.1, -0.05) is 33.4 Å². The number of hydrogen-bond donors (Lipinski definition) is 1. The highest BCUT2D eigenvalue weighted by Gasteiger charge is 2.78. The molecule has 4 rings (SSSR count).